The second-order valence-corrected chi connectivity index (χ2v) is 6.78. The fourth-order valence-electron chi connectivity index (χ4n) is 5.66. The van der Waals surface area contributed by atoms with Crippen molar-refractivity contribution in [3.8, 4) is 0 Å². The highest BCUT2D eigenvalue weighted by Crippen LogP contribution is 2.82. The van der Waals surface area contributed by atoms with E-state index in [1.54, 1.807) is 6.92 Å². The Hall–Kier alpha value is -0.700. The number of ketones is 2. The third kappa shape index (κ3) is 0.854. The van der Waals surface area contributed by atoms with Gasteiger partial charge in [0.2, 0.25) is 0 Å². The van der Waals surface area contributed by atoms with Crippen LogP contribution in [0.2, 0.25) is 0 Å². The lowest BCUT2D eigenvalue weighted by Crippen LogP contribution is -2.46. The molecule has 0 N–H and O–H groups in total. The Bertz CT molecular complexity index is 443. The summed E-state index contributed by atoms with van der Waals surface area (Å²) in [6.45, 7) is 5.16. The predicted molar refractivity (Wildman–Crippen MR) is 60.2 cm³/mol. The maximum atomic E-state index is 12.6. The molecule has 0 amide bonds. The fraction of sp³-hybridized carbons (Fsp3) is 0.857. The molecule has 0 aromatic rings. The Balaban J connectivity index is 1.84. The van der Waals surface area contributed by atoms with Crippen LogP contribution in [0.25, 0.3) is 0 Å². The van der Waals surface area contributed by atoms with Gasteiger partial charge in [0, 0.05) is 23.2 Å². The molecular formula is C14H18O3. The summed E-state index contributed by atoms with van der Waals surface area (Å²) in [5.41, 5.74) is -0.409. The number of hydrogen-bond acceptors (Lipinski definition) is 3. The van der Waals surface area contributed by atoms with Crippen LogP contribution in [-0.2, 0) is 14.3 Å². The van der Waals surface area contributed by atoms with Gasteiger partial charge in [-0.15, -0.1) is 0 Å². The van der Waals surface area contributed by atoms with Crippen molar-refractivity contribution in [2.75, 3.05) is 13.2 Å². The zero-order valence-electron chi connectivity index (χ0n) is 10.4. The van der Waals surface area contributed by atoms with Crippen molar-refractivity contribution in [2.24, 2.45) is 34.5 Å². The second kappa shape index (κ2) is 2.66. The molecule has 2 unspecified atom stereocenters. The highest BCUT2D eigenvalue weighted by atomic mass is 16.5. The molecule has 1 heterocycles. The molecule has 6 atom stereocenters. The molecular weight excluding hydrogens is 216 g/mol. The minimum Gasteiger partial charge on any atom is -0.381 e. The van der Waals surface area contributed by atoms with Crippen LogP contribution in [-0.4, -0.2) is 24.8 Å². The Kier molecular flexibility index (Phi) is 1.60. The summed E-state index contributed by atoms with van der Waals surface area (Å²) in [5, 5.41) is 0. The molecule has 3 saturated carbocycles. The summed E-state index contributed by atoms with van der Waals surface area (Å²) in [6.07, 6.45) is 1.58. The summed E-state index contributed by atoms with van der Waals surface area (Å²) >= 11 is 0. The number of fused-ring (bicyclic) bond motifs is 1. The van der Waals surface area contributed by atoms with Crippen molar-refractivity contribution in [1.29, 1.82) is 0 Å². The summed E-state index contributed by atoms with van der Waals surface area (Å²) in [6, 6.07) is 0. The van der Waals surface area contributed by atoms with E-state index in [2.05, 4.69) is 0 Å². The summed E-state index contributed by atoms with van der Waals surface area (Å²) in [5.74, 6) is 2.51. The van der Waals surface area contributed by atoms with E-state index in [1.807, 2.05) is 6.92 Å². The zero-order chi connectivity index (χ0) is 12.0. The monoisotopic (exact) mass is 234 g/mol. The molecule has 4 rings (SSSR count). The van der Waals surface area contributed by atoms with Gasteiger partial charge in [0.1, 0.15) is 11.6 Å². The Morgan fingerprint density at radius 2 is 2.29 bits per heavy atom. The molecule has 3 aliphatic carbocycles. The van der Waals surface area contributed by atoms with E-state index in [0.29, 0.717) is 36.6 Å². The lowest BCUT2D eigenvalue weighted by atomic mass is 9.59. The third-order valence-corrected chi connectivity index (χ3v) is 6.18. The lowest BCUT2D eigenvalue weighted by molar-refractivity contribution is -0.138. The van der Waals surface area contributed by atoms with E-state index in [4.69, 9.17) is 4.74 Å². The van der Waals surface area contributed by atoms with Gasteiger partial charge in [-0.1, -0.05) is 6.92 Å². The molecule has 1 spiro atoms. The molecule has 0 aromatic carbocycles. The van der Waals surface area contributed by atoms with Crippen molar-refractivity contribution < 1.29 is 14.3 Å². The van der Waals surface area contributed by atoms with Gasteiger partial charge < -0.3 is 4.74 Å². The van der Waals surface area contributed by atoms with Crippen LogP contribution < -0.4 is 0 Å². The van der Waals surface area contributed by atoms with Gasteiger partial charge in [-0.25, -0.2) is 0 Å². The lowest BCUT2D eigenvalue weighted by Gasteiger charge is -2.41. The molecule has 4 fully saturated rings. The molecule has 0 aromatic heterocycles. The molecule has 3 nitrogen and oxygen atoms in total. The Morgan fingerprint density at radius 1 is 1.53 bits per heavy atom. The summed E-state index contributed by atoms with van der Waals surface area (Å²) < 4.78 is 5.69. The van der Waals surface area contributed by atoms with Gasteiger partial charge in [-0.2, -0.15) is 0 Å². The van der Waals surface area contributed by atoms with Crippen LogP contribution in [0.5, 0.6) is 0 Å². The molecule has 3 heteroatoms. The van der Waals surface area contributed by atoms with E-state index in [9.17, 15) is 9.59 Å². The van der Waals surface area contributed by atoms with Crippen LogP contribution in [0, 0.1) is 34.5 Å². The number of rotatable bonds is 2. The number of hydrogen-bond donors (Lipinski definition) is 0. The zero-order valence-corrected chi connectivity index (χ0v) is 10.4. The largest absolute Gasteiger partial charge is 0.381 e. The quantitative estimate of drug-likeness (QED) is 0.726. The normalized spacial score (nSPS) is 58.1. The average Bonchev–Trinajstić information content (AvgIpc) is 2.59. The van der Waals surface area contributed by atoms with Crippen LogP contribution in [0.1, 0.15) is 26.7 Å². The number of Topliss-reactive ketones (excluding diaryl/α,β-unsaturated/α-hetero) is 2. The standard InChI is InChI=1S/C14H18O3/c1-7(15)4-13(2)12(16)10-9-3-8-5-17-6-14(8,13)11(9)10/h8-11H,3-6H2,1-2H3/t8-,9?,10?,11+,13+,14+/m1/s1. The Morgan fingerprint density at radius 3 is 3.00 bits per heavy atom. The van der Waals surface area contributed by atoms with Gasteiger partial charge in [0.05, 0.1) is 13.2 Å². The highest BCUT2D eigenvalue weighted by Gasteiger charge is 2.84. The maximum Gasteiger partial charge on any atom is 0.143 e. The molecule has 92 valence electrons. The molecule has 0 radical (unpaired) electrons. The molecule has 1 aliphatic heterocycles. The number of carbonyl (C=O) groups is 2. The van der Waals surface area contributed by atoms with Crippen molar-refractivity contribution in [2.45, 2.75) is 26.7 Å². The van der Waals surface area contributed by atoms with Crippen LogP contribution in [0.15, 0.2) is 0 Å². The first kappa shape index (κ1) is 10.2. The predicted octanol–water partition coefficient (Wildman–Crippen LogP) is 1.45. The molecule has 0 bridgehead atoms. The average molecular weight is 234 g/mol. The first-order chi connectivity index (χ1) is 8.02. The Labute approximate surface area is 101 Å². The van der Waals surface area contributed by atoms with Gasteiger partial charge in [0.25, 0.3) is 0 Å². The highest BCUT2D eigenvalue weighted by molar-refractivity contribution is 5.98. The molecule has 17 heavy (non-hydrogen) atoms. The minimum atomic E-state index is -0.428. The van der Waals surface area contributed by atoms with Crippen molar-refractivity contribution >= 4 is 11.6 Å². The first-order valence-electron chi connectivity index (χ1n) is 6.64. The van der Waals surface area contributed by atoms with Crippen LogP contribution >= 0.6 is 0 Å². The van der Waals surface area contributed by atoms with E-state index in [0.717, 1.165) is 13.0 Å². The van der Waals surface area contributed by atoms with Crippen molar-refractivity contribution in [1.82, 2.24) is 0 Å². The van der Waals surface area contributed by atoms with E-state index >= 15 is 0 Å². The van der Waals surface area contributed by atoms with E-state index < -0.39 is 5.41 Å². The summed E-state index contributed by atoms with van der Waals surface area (Å²) in [4.78, 5) is 24.1. The number of ether oxygens (including phenoxy) is 1. The SMILES string of the molecule is CC(=O)C[C@@]1(C)C(=O)C2C3C[C@@H]4COC[C@@]41[C@@H]32. The fourth-order valence-corrected chi connectivity index (χ4v) is 5.66. The van der Waals surface area contributed by atoms with E-state index in [1.165, 1.54) is 0 Å². The van der Waals surface area contributed by atoms with Crippen molar-refractivity contribution in [3.63, 3.8) is 0 Å². The maximum absolute atomic E-state index is 12.6. The second-order valence-electron chi connectivity index (χ2n) is 6.78. The van der Waals surface area contributed by atoms with E-state index in [-0.39, 0.29) is 17.1 Å². The van der Waals surface area contributed by atoms with Gasteiger partial charge in [-0.05, 0) is 31.1 Å². The number of carbonyl (C=O) groups excluding carboxylic acids is 2. The van der Waals surface area contributed by atoms with Gasteiger partial charge in [-0.3, -0.25) is 9.59 Å². The topological polar surface area (TPSA) is 43.4 Å². The smallest absolute Gasteiger partial charge is 0.143 e. The summed E-state index contributed by atoms with van der Waals surface area (Å²) in [7, 11) is 0. The van der Waals surface area contributed by atoms with Gasteiger partial charge in [0.15, 0.2) is 0 Å². The van der Waals surface area contributed by atoms with Crippen LogP contribution in [0.3, 0.4) is 0 Å². The minimum absolute atomic E-state index is 0.0189. The first-order valence-corrected chi connectivity index (χ1v) is 6.64. The van der Waals surface area contributed by atoms with Gasteiger partial charge >= 0.3 is 0 Å². The molecule has 1 saturated heterocycles. The third-order valence-electron chi connectivity index (χ3n) is 6.18. The molecule has 4 aliphatic rings. The van der Waals surface area contributed by atoms with Crippen LogP contribution in [0.4, 0.5) is 0 Å². The van der Waals surface area contributed by atoms with Crippen molar-refractivity contribution in [3.05, 3.63) is 0 Å².